The molecule has 1 saturated heterocycles. The van der Waals surface area contributed by atoms with Gasteiger partial charge in [0.05, 0.1) is 12.7 Å². The molecule has 3 heterocycles. The smallest absolute Gasteiger partial charge is 0.274 e. The van der Waals surface area contributed by atoms with E-state index < -0.39 is 29.1 Å². The first-order valence-corrected chi connectivity index (χ1v) is 11.1. The molecule has 4 atom stereocenters. The van der Waals surface area contributed by atoms with Gasteiger partial charge in [-0.05, 0) is 38.1 Å². The van der Waals surface area contributed by atoms with Crippen LogP contribution in [0.2, 0.25) is 0 Å². The summed E-state index contributed by atoms with van der Waals surface area (Å²) in [7, 11) is 0. The summed E-state index contributed by atoms with van der Waals surface area (Å²) in [5, 5.41) is 2.78. The maximum atomic E-state index is 16.2. The van der Waals surface area contributed by atoms with Crippen LogP contribution in [-0.4, -0.2) is 40.2 Å². The number of pyridine rings is 1. The van der Waals surface area contributed by atoms with E-state index in [1.165, 1.54) is 37.4 Å². The number of thioether (sulfide) groups is 1. The number of nitrogens with two attached hydrogens (primary N) is 1. The minimum atomic E-state index is -1.87. The maximum Gasteiger partial charge on any atom is 0.274 e. The van der Waals surface area contributed by atoms with Crippen molar-refractivity contribution < 1.29 is 22.7 Å². The van der Waals surface area contributed by atoms with E-state index in [0.717, 1.165) is 17.8 Å². The number of rotatable bonds is 4. The highest BCUT2D eigenvalue weighted by Crippen LogP contribution is 2.52. The number of halogens is 3. The molecule has 1 fully saturated rings. The van der Waals surface area contributed by atoms with Crippen LogP contribution in [0.15, 0.2) is 41.5 Å². The second kappa shape index (κ2) is 8.40. The number of ether oxygens (including phenoxy) is 1. The fourth-order valence-corrected chi connectivity index (χ4v) is 5.02. The number of aromatic nitrogens is 1. The molecule has 0 saturated carbocycles. The van der Waals surface area contributed by atoms with Gasteiger partial charge in [-0.2, -0.15) is 0 Å². The third kappa shape index (κ3) is 3.97. The maximum absolute atomic E-state index is 16.2. The minimum Gasteiger partial charge on any atom is -0.379 e. The molecule has 1 amide bonds. The molecular weight excluding hydrogens is 441 g/mol. The average molecular weight is 465 g/mol. The summed E-state index contributed by atoms with van der Waals surface area (Å²) in [5.41, 5.74) is 2.97. The number of fused-ring (bicyclic) bond motifs is 1. The van der Waals surface area contributed by atoms with E-state index in [1.807, 2.05) is 0 Å². The van der Waals surface area contributed by atoms with Crippen LogP contribution >= 0.6 is 11.8 Å². The SMILES string of the molecule is CC(F)c1ccc(C(=O)Nc2ccc(F)c([C@]34CO[C@@H](C)C[C@@]3(F)CSC(N)=N4)c2)nc1. The number of alkyl halides is 2. The van der Waals surface area contributed by atoms with Gasteiger partial charge in [0.1, 0.15) is 23.2 Å². The number of benzene rings is 1. The summed E-state index contributed by atoms with van der Waals surface area (Å²) in [6.45, 7) is 2.95. The van der Waals surface area contributed by atoms with Gasteiger partial charge in [0, 0.05) is 35.2 Å². The number of carbonyl (C=O) groups excluding carboxylic acids is 1. The van der Waals surface area contributed by atoms with Crippen molar-refractivity contribution in [3.63, 3.8) is 0 Å². The Morgan fingerprint density at radius 2 is 2.16 bits per heavy atom. The molecule has 0 bridgehead atoms. The van der Waals surface area contributed by atoms with Gasteiger partial charge in [0.15, 0.2) is 10.8 Å². The molecule has 0 radical (unpaired) electrons. The zero-order valence-corrected chi connectivity index (χ0v) is 18.4. The van der Waals surface area contributed by atoms with Gasteiger partial charge in [-0.3, -0.25) is 9.78 Å². The van der Waals surface area contributed by atoms with Crippen molar-refractivity contribution in [1.29, 1.82) is 0 Å². The Hall–Kier alpha value is -2.59. The Morgan fingerprint density at radius 1 is 1.38 bits per heavy atom. The monoisotopic (exact) mass is 464 g/mol. The molecule has 0 aliphatic carbocycles. The molecule has 1 aromatic heterocycles. The van der Waals surface area contributed by atoms with Crippen LogP contribution in [0, 0.1) is 5.82 Å². The third-order valence-electron chi connectivity index (χ3n) is 5.83. The van der Waals surface area contributed by atoms with Crippen molar-refractivity contribution in [2.24, 2.45) is 10.7 Å². The summed E-state index contributed by atoms with van der Waals surface area (Å²) >= 11 is 1.09. The molecular formula is C22H23F3N4O2S. The Labute approximate surface area is 187 Å². The van der Waals surface area contributed by atoms with Crippen LogP contribution < -0.4 is 11.1 Å². The van der Waals surface area contributed by atoms with E-state index in [4.69, 9.17) is 10.5 Å². The molecule has 170 valence electrons. The number of anilines is 1. The number of hydrogen-bond donors (Lipinski definition) is 2. The van der Waals surface area contributed by atoms with Crippen LogP contribution in [-0.2, 0) is 10.3 Å². The number of carbonyl (C=O) groups is 1. The molecule has 2 aliphatic heterocycles. The van der Waals surface area contributed by atoms with Crippen molar-refractivity contribution in [2.75, 3.05) is 17.7 Å². The van der Waals surface area contributed by atoms with E-state index in [2.05, 4.69) is 15.3 Å². The van der Waals surface area contributed by atoms with Gasteiger partial charge in [0.25, 0.3) is 5.91 Å². The second-order valence-corrected chi connectivity index (χ2v) is 9.13. The van der Waals surface area contributed by atoms with Gasteiger partial charge in [-0.25, -0.2) is 18.2 Å². The normalized spacial score (nSPS) is 28.4. The molecule has 0 spiro atoms. The van der Waals surface area contributed by atoms with Crippen molar-refractivity contribution in [3.8, 4) is 0 Å². The summed E-state index contributed by atoms with van der Waals surface area (Å²) < 4.78 is 50.2. The number of hydrogen-bond acceptors (Lipinski definition) is 6. The Kier molecular flexibility index (Phi) is 5.93. The van der Waals surface area contributed by atoms with Gasteiger partial charge in [-0.1, -0.05) is 17.8 Å². The summed E-state index contributed by atoms with van der Waals surface area (Å²) in [6, 6.07) is 6.73. The largest absolute Gasteiger partial charge is 0.379 e. The molecule has 1 aromatic carbocycles. The topological polar surface area (TPSA) is 89.6 Å². The van der Waals surface area contributed by atoms with Crippen LogP contribution in [0.4, 0.5) is 18.9 Å². The lowest BCUT2D eigenvalue weighted by atomic mass is 9.72. The second-order valence-electron chi connectivity index (χ2n) is 8.13. The van der Waals surface area contributed by atoms with Gasteiger partial charge >= 0.3 is 0 Å². The van der Waals surface area contributed by atoms with Crippen LogP contribution in [0.1, 0.15) is 48.1 Å². The molecule has 32 heavy (non-hydrogen) atoms. The van der Waals surface area contributed by atoms with Crippen LogP contribution in [0.25, 0.3) is 0 Å². The lowest BCUT2D eigenvalue weighted by molar-refractivity contribution is -0.107. The van der Waals surface area contributed by atoms with E-state index in [-0.39, 0.29) is 47.0 Å². The highest BCUT2D eigenvalue weighted by molar-refractivity contribution is 8.13. The van der Waals surface area contributed by atoms with E-state index in [9.17, 15) is 13.6 Å². The summed E-state index contributed by atoms with van der Waals surface area (Å²) in [6.07, 6.45) is -0.239. The average Bonchev–Trinajstić information content (AvgIpc) is 2.75. The Bertz CT molecular complexity index is 1070. The van der Waals surface area contributed by atoms with E-state index in [0.29, 0.717) is 5.56 Å². The molecule has 2 aliphatic rings. The predicted molar refractivity (Wildman–Crippen MR) is 118 cm³/mol. The van der Waals surface area contributed by atoms with Crippen molar-refractivity contribution in [2.45, 2.75) is 43.8 Å². The number of nitrogens with one attached hydrogen (secondary N) is 1. The molecule has 4 rings (SSSR count). The summed E-state index contributed by atoms with van der Waals surface area (Å²) in [5.74, 6) is -1.22. The first-order valence-electron chi connectivity index (χ1n) is 10.1. The number of aliphatic imine (C=N–C) groups is 1. The zero-order valence-electron chi connectivity index (χ0n) is 17.6. The zero-order chi connectivity index (χ0) is 23.1. The lowest BCUT2D eigenvalue weighted by Crippen LogP contribution is -2.60. The first kappa shape index (κ1) is 22.6. The van der Waals surface area contributed by atoms with Crippen molar-refractivity contribution >= 4 is 28.5 Å². The van der Waals surface area contributed by atoms with Crippen LogP contribution in [0.3, 0.4) is 0 Å². The fourth-order valence-electron chi connectivity index (χ4n) is 4.06. The van der Waals surface area contributed by atoms with E-state index in [1.54, 1.807) is 6.92 Å². The molecule has 3 N–H and O–H groups in total. The fraction of sp³-hybridized carbons (Fsp3) is 0.409. The van der Waals surface area contributed by atoms with Crippen molar-refractivity contribution in [1.82, 2.24) is 4.98 Å². The van der Waals surface area contributed by atoms with Crippen molar-refractivity contribution in [3.05, 3.63) is 59.2 Å². The molecule has 1 unspecified atom stereocenters. The Balaban J connectivity index is 1.68. The molecule has 2 aromatic rings. The molecule has 10 heteroatoms. The number of nitrogens with zero attached hydrogens (tertiary/aromatic N) is 2. The molecule has 6 nitrogen and oxygen atoms in total. The lowest BCUT2D eigenvalue weighted by Gasteiger charge is -2.49. The standard InChI is InChI=1S/C22H23F3N4O2S/c1-12-8-21(25)11-32-20(26)29-22(21,10-31-12)16-7-15(4-5-17(16)24)28-19(30)18-6-3-14(9-27-18)13(2)23/h3-7,9,12-13H,8,10-11H2,1-2H3,(H2,26,29)(H,28,30)/t12-,13?,21+,22+/m0/s1. The Morgan fingerprint density at radius 3 is 2.84 bits per heavy atom. The quantitative estimate of drug-likeness (QED) is 0.705. The first-order chi connectivity index (χ1) is 15.1. The number of amidine groups is 1. The highest BCUT2D eigenvalue weighted by Gasteiger charge is 2.60. The van der Waals surface area contributed by atoms with Crippen LogP contribution in [0.5, 0.6) is 0 Å². The predicted octanol–water partition coefficient (Wildman–Crippen LogP) is 4.28. The number of amides is 1. The van der Waals surface area contributed by atoms with E-state index >= 15 is 4.39 Å². The van der Waals surface area contributed by atoms with Gasteiger partial charge < -0.3 is 15.8 Å². The van der Waals surface area contributed by atoms with Gasteiger partial charge in [-0.15, -0.1) is 0 Å². The minimum absolute atomic E-state index is 0.0231. The van der Waals surface area contributed by atoms with Gasteiger partial charge in [0.2, 0.25) is 0 Å². The summed E-state index contributed by atoms with van der Waals surface area (Å²) in [4.78, 5) is 20.9. The highest BCUT2D eigenvalue weighted by atomic mass is 32.2. The third-order valence-corrected chi connectivity index (χ3v) is 6.82.